The van der Waals surface area contributed by atoms with Gasteiger partial charge in [-0.1, -0.05) is 23.7 Å². The highest BCUT2D eigenvalue weighted by Crippen LogP contribution is 2.24. The number of benzene rings is 1. The zero-order chi connectivity index (χ0) is 12.3. The molecule has 1 unspecified atom stereocenters. The molecule has 0 saturated carbocycles. The quantitative estimate of drug-likeness (QED) is 0.614. The molecule has 0 aromatic heterocycles. The summed E-state index contributed by atoms with van der Waals surface area (Å²) in [5.41, 5.74) is 1.76. The first-order valence-electron chi connectivity index (χ1n) is 4.87. The molecule has 16 heavy (non-hydrogen) atoms. The Balaban J connectivity index is 3.03. The van der Waals surface area contributed by atoms with Crippen LogP contribution in [0.3, 0.4) is 0 Å². The predicted octanol–water partition coefficient (Wildman–Crippen LogP) is 3.16. The Morgan fingerprint density at radius 1 is 1.38 bits per heavy atom. The van der Waals surface area contributed by atoms with Crippen LogP contribution in [-0.2, 0) is 16.0 Å². The Hall–Kier alpha value is -0.860. The fraction of sp³-hybridized carbons (Fsp3) is 0.333. The molecule has 0 aliphatic heterocycles. The Labute approximate surface area is 105 Å². The van der Waals surface area contributed by atoms with E-state index in [1.807, 2.05) is 19.1 Å². The SMILES string of the molecule is CC(=O)C(Cc1c(C)cccc1Cl)C(=O)Cl. The monoisotopic (exact) mass is 258 g/mol. The van der Waals surface area contributed by atoms with Crippen molar-refractivity contribution in [3.8, 4) is 0 Å². The fourth-order valence-electron chi connectivity index (χ4n) is 1.51. The van der Waals surface area contributed by atoms with Crippen LogP contribution >= 0.6 is 23.2 Å². The normalized spacial score (nSPS) is 12.2. The molecule has 1 aromatic rings. The molecule has 0 heterocycles. The second kappa shape index (κ2) is 5.46. The van der Waals surface area contributed by atoms with Crippen LogP contribution in [0.2, 0.25) is 5.02 Å². The minimum atomic E-state index is -0.805. The van der Waals surface area contributed by atoms with Crippen LogP contribution in [0.4, 0.5) is 0 Å². The maximum atomic E-state index is 11.3. The van der Waals surface area contributed by atoms with Gasteiger partial charge in [0.2, 0.25) is 5.24 Å². The van der Waals surface area contributed by atoms with Crippen molar-refractivity contribution in [2.45, 2.75) is 20.3 Å². The maximum absolute atomic E-state index is 11.3. The average molecular weight is 259 g/mol. The van der Waals surface area contributed by atoms with E-state index in [-0.39, 0.29) is 12.2 Å². The van der Waals surface area contributed by atoms with Crippen molar-refractivity contribution in [2.24, 2.45) is 5.92 Å². The van der Waals surface area contributed by atoms with E-state index in [1.54, 1.807) is 6.07 Å². The van der Waals surface area contributed by atoms with Gasteiger partial charge in [-0.05, 0) is 49.1 Å². The molecule has 0 aliphatic carbocycles. The van der Waals surface area contributed by atoms with E-state index in [0.717, 1.165) is 11.1 Å². The van der Waals surface area contributed by atoms with Gasteiger partial charge >= 0.3 is 0 Å². The van der Waals surface area contributed by atoms with Gasteiger partial charge in [-0.25, -0.2) is 0 Å². The Morgan fingerprint density at radius 3 is 2.44 bits per heavy atom. The molecule has 0 amide bonds. The molecule has 86 valence electrons. The first kappa shape index (κ1) is 13.2. The molecule has 0 aliphatic rings. The summed E-state index contributed by atoms with van der Waals surface area (Å²) < 4.78 is 0. The summed E-state index contributed by atoms with van der Waals surface area (Å²) in [5, 5.41) is -0.0732. The zero-order valence-corrected chi connectivity index (χ0v) is 10.6. The number of hydrogen-bond acceptors (Lipinski definition) is 2. The van der Waals surface area contributed by atoms with Crippen LogP contribution < -0.4 is 0 Å². The Morgan fingerprint density at radius 2 is 2.00 bits per heavy atom. The second-order valence-electron chi connectivity index (χ2n) is 3.71. The molecular weight excluding hydrogens is 247 g/mol. The van der Waals surface area contributed by atoms with Crippen molar-refractivity contribution in [1.29, 1.82) is 0 Å². The van der Waals surface area contributed by atoms with Crippen molar-refractivity contribution in [2.75, 3.05) is 0 Å². The summed E-state index contributed by atoms with van der Waals surface area (Å²) >= 11 is 11.4. The van der Waals surface area contributed by atoms with E-state index >= 15 is 0 Å². The third-order valence-corrected chi connectivity index (χ3v) is 3.14. The highest BCUT2D eigenvalue weighted by Gasteiger charge is 2.23. The van der Waals surface area contributed by atoms with Crippen molar-refractivity contribution < 1.29 is 9.59 Å². The van der Waals surface area contributed by atoms with Crippen LogP contribution in [0.1, 0.15) is 18.1 Å². The van der Waals surface area contributed by atoms with Gasteiger partial charge in [0.15, 0.2) is 0 Å². The lowest BCUT2D eigenvalue weighted by molar-refractivity contribution is -0.127. The molecular formula is C12H12Cl2O2. The molecule has 1 aromatic carbocycles. The van der Waals surface area contributed by atoms with Crippen LogP contribution in [0.25, 0.3) is 0 Å². The number of carbonyl (C=O) groups excluding carboxylic acids is 2. The Bertz CT molecular complexity index is 393. The molecule has 0 radical (unpaired) electrons. The van der Waals surface area contributed by atoms with E-state index in [1.165, 1.54) is 6.92 Å². The number of rotatable bonds is 4. The fourth-order valence-corrected chi connectivity index (χ4v) is 2.04. The summed E-state index contributed by atoms with van der Waals surface area (Å²) in [7, 11) is 0. The van der Waals surface area contributed by atoms with Crippen LogP contribution in [-0.4, -0.2) is 11.0 Å². The van der Waals surface area contributed by atoms with Gasteiger partial charge in [-0.15, -0.1) is 0 Å². The molecule has 4 heteroatoms. The Kier molecular flexibility index (Phi) is 4.51. The van der Waals surface area contributed by atoms with E-state index in [0.29, 0.717) is 5.02 Å². The van der Waals surface area contributed by atoms with Crippen LogP contribution in [0.15, 0.2) is 18.2 Å². The van der Waals surface area contributed by atoms with E-state index in [9.17, 15) is 9.59 Å². The van der Waals surface area contributed by atoms with Crippen molar-refractivity contribution >= 4 is 34.2 Å². The highest BCUT2D eigenvalue weighted by molar-refractivity contribution is 6.65. The summed E-state index contributed by atoms with van der Waals surface area (Å²) in [5.74, 6) is -1.04. The lowest BCUT2D eigenvalue weighted by atomic mass is 9.94. The minimum Gasteiger partial charge on any atom is -0.299 e. The summed E-state index contributed by atoms with van der Waals surface area (Å²) in [6.07, 6.45) is 0.267. The third kappa shape index (κ3) is 3.06. The molecule has 1 rings (SSSR count). The van der Waals surface area contributed by atoms with E-state index < -0.39 is 11.2 Å². The van der Waals surface area contributed by atoms with Crippen molar-refractivity contribution in [3.63, 3.8) is 0 Å². The zero-order valence-electron chi connectivity index (χ0n) is 9.09. The minimum absolute atomic E-state index is 0.237. The van der Waals surface area contributed by atoms with Gasteiger partial charge in [-0.3, -0.25) is 9.59 Å². The standard InChI is InChI=1S/C12H12Cl2O2/c1-7-4-3-5-11(13)9(7)6-10(8(2)15)12(14)16/h3-5,10H,6H2,1-2H3. The molecule has 2 nitrogen and oxygen atoms in total. The smallest absolute Gasteiger partial charge is 0.232 e. The van der Waals surface area contributed by atoms with E-state index in [2.05, 4.69) is 0 Å². The van der Waals surface area contributed by atoms with Gasteiger partial charge in [0.1, 0.15) is 5.78 Å². The van der Waals surface area contributed by atoms with E-state index in [4.69, 9.17) is 23.2 Å². The number of aryl methyl sites for hydroxylation is 1. The number of halogens is 2. The van der Waals surface area contributed by atoms with Gasteiger partial charge in [0.05, 0.1) is 5.92 Å². The van der Waals surface area contributed by atoms with Crippen LogP contribution in [0, 0.1) is 12.8 Å². The molecule has 1 atom stereocenters. The predicted molar refractivity (Wildman–Crippen MR) is 64.9 cm³/mol. The maximum Gasteiger partial charge on any atom is 0.232 e. The molecule has 0 bridgehead atoms. The number of hydrogen-bond donors (Lipinski definition) is 0. The van der Waals surface area contributed by atoms with Gasteiger partial charge in [-0.2, -0.15) is 0 Å². The summed E-state index contributed by atoms with van der Waals surface area (Å²) in [4.78, 5) is 22.4. The topological polar surface area (TPSA) is 34.1 Å². The number of carbonyl (C=O) groups is 2. The molecule has 0 N–H and O–H groups in total. The lowest BCUT2D eigenvalue weighted by Crippen LogP contribution is -2.21. The third-order valence-electron chi connectivity index (χ3n) is 2.53. The lowest BCUT2D eigenvalue weighted by Gasteiger charge is -2.12. The average Bonchev–Trinajstić information content (AvgIpc) is 2.15. The number of ketones is 1. The van der Waals surface area contributed by atoms with Gasteiger partial charge < -0.3 is 0 Å². The number of Topliss-reactive ketones (excluding diaryl/α,β-unsaturated/α-hetero) is 1. The van der Waals surface area contributed by atoms with Gasteiger partial charge in [0, 0.05) is 5.02 Å². The van der Waals surface area contributed by atoms with Crippen LogP contribution in [0.5, 0.6) is 0 Å². The second-order valence-corrected chi connectivity index (χ2v) is 4.49. The summed E-state index contributed by atoms with van der Waals surface area (Å²) in [6, 6.07) is 5.45. The molecule has 0 fully saturated rings. The first-order chi connectivity index (χ1) is 7.43. The highest BCUT2D eigenvalue weighted by atomic mass is 35.5. The first-order valence-corrected chi connectivity index (χ1v) is 5.63. The van der Waals surface area contributed by atoms with Crippen molar-refractivity contribution in [1.82, 2.24) is 0 Å². The molecule has 0 saturated heterocycles. The summed E-state index contributed by atoms with van der Waals surface area (Å²) in [6.45, 7) is 3.24. The molecule has 0 spiro atoms. The largest absolute Gasteiger partial charge is 0.299 e. The van der Waals surface area contributed by atoms with Gasteiger partial charge in [0.25, 0.3) is 0 Å². The van der Waals surface area contributed by atoms with Crippen molar-refractivity contribution in [3.05, 3.63) is 34.3 Å².